The number of hydrogen-bond acceptors (Lipinski definition) is 6. The summed E-state index contributed by atoms with van der Waals surface area (Å²) in [5.74, 6) is -2.10. The molecule has 1 aromatic rings. The molecule has 0 spiro atoms. The number of carboxylic acid groups (broad SMARTS) is 1. The molecule has 1 atom stereocenters. The molecule has 2 N–H and O–H groups in total. The van der Waals surface area contributed by atoms with Crippen molar-refractivity contribution in [1.29, 1.82) is 0 Å². The van der Waals surface area contributed by atoms with E-state index < -0.39 is 27.9 Å². The lowest BCUT2D eigenvalue weighted by Crippen LogP contribution is -2.45. The predicted molar refractivity (Wildman–Crippen MR) is 95.9 cm³/mol. The van der Waals surface area contributed by atoms with Crippen LogP contribution in [0.5, 0.6) is 0 Å². The Bertz CT molecular complexity index is 788. The summed E-state index contributed by atoms with van der Waals surface area (Å²) in [6, 6.07) is 4.36. The smallest absolute Gasteiger partial charge is 0.328 e. The molecule has 1 amide bonds. The van der Waals surface area contributed by atoms with Crippen LogP contribution in [0.3, 0.4) is 0 Å². The Labute approximate surface area is 157 Å². The van der Waals surface area contributed by atoms with E-state index in [1.165, 1.54) is 34.6 Å². The number of ether oxygens (including phenoxy) is 2. The van der Waals surface area contributed by atoms with Crippen molar-refractivity contribution in [2.45, 2.75) is 10.9 Å². The van der Waals surface area contributed by atoms with Gasteiger partial charge >= 0.3 is 5.97 Å². The predicted octanol–water partition coefficient (Wildman–Crippen LogP) is 0.0931. The van der Waals surface area contributed by atoms with E-state index in [1.807, 2.05) is 0 Å². The second-order valence-corrected chi connectivity index (χ2v) is 7.61. The van der Waals surface area contributed by atoms with Crippen LogP contribution in [-0.2, 0) is 24.3 Å². The second kappa shape index (κ2) is 9.60. The number of aliphatic carboxylic acids is 1. The van der Waals surface area contributed by atoms with E-state index in [0.29, 0.717) is 0 Å². The molecule has 0 aromatic heterocycles. The minimum absolute atomic E-state index is 0.126. The summed E-state index contributed by atoms with van der Waals surface area (Å²) < 4.78 is 37.2. The molecular formula is C17H22N2O7S. The van der Waals surface area contributed by atoms with Crippen molar-refractivity contribution in [2.75, 3.05) is 39.5 Å². The van der Waals surface area contributed by atoms with Crippen LogP contribution in [0.1, 0.15) is 10.4 Å². The van der Waals surface area contributed by atoms with Crippen LogP contribution in [0, 0.1) is 0 Å². The van der Waals surface area contributed by atoms with Gasteiger partial charge in [-0.15, -0.1) is 6.58 Å². The average molecular weight is 398 g/mol. The Morgan fingerprint density at radius 3 is 2.63 bits per heavy atom. The van der Waals surface area contributed by atoms with Gasteiger partial charge in [0, 0.05) is 13.1 Å². The summed E-state index contributed by atoms with van der Waals surface area (Å²) in [4.78, 5) is 23.7. The summed E-state index contributed by atoms with van der Waals surface area (Å²) >= 11 is 0. The van der Waals surface area contributed by atoms with Gasteiger partial charge in [0.05, 0.1) is 36.9 Å². The van der Waals surface area contributed by atoms with Crippen molar-refractivity contribution in [3.05, 3.63) is 42.5 Å². The number of nitrogens with zero attached hydrogens (tertiary/aromatic N) is 1. The highest BCUT2D eigenvalue weighted by Crippen LogP contribution is 2.21. The number of sulfonamides is 1. The van der Waals surface area contributed by atoms with Gasteiger partial charge in [0.25, 0.3) is 5.91 Å². The number of benzene rings is 1. The lowest BCUT2D eigenvalue weighted by molar-refractivity contribution is -0.140. The van der Waals surface area contributed by atoms with Gasteiger partial charge < -0.3 is 19.9 Å². The number of carboxylic acids is 1. The fourth-order valence-corrected chi connectivity index (χ4v) is 4.08. The third kappa shape index (κ3) is 5.36. The quantitative estimate of drug-likeness (QED) is 0.447. The van der Waals surface area contributed by atoms with Gasteiger partial charge in [-0.05, 0) is 12.1 Å². The van der Waals surface area contributed by atoms with E-state index >= 15 is 0 Å². The van der Waals surface area contributed by atoms with Gasteiger partial charge in [-0.2, -0.15) is 4.31 Å². The van der Waals surface area contributed by atoms with E-state index in [9.17, 15) is 23.1 Å². The van der Waals surface area contributed by atoms with Crippen LogP contribution in [0.2, 0.25) is 0 Å². The minimum Gasteiger partial charge on any atom is -0.480 e. The summed E-state index contributed by atoms with van der Waals surface area (Å²) in [6.45, 7) is 4.23. The third-order valence-corrected chi connectivity index (χ3v) is 5.80. The third-order valence-electron chi connectivity index (χ3n) is 3.84. The fourth-order valence-electron chi connectivity index (χ4n) is 2.49. The molecule has 0 aliphatic carbocycles. The van der Waals surface area contributed by atoms with Crippen molar-refractivity contribution in [1.82, 2.24) is 9.62 Å². The Hall–Kier alpha value is -2.27. The van der Waals surface area contributed by atoms with Crippen LogP contribution in [-0.4, -0.2) is 75.3 Å². The number of morpholine rings is 1. The summed E-state index contributed by atoms with van der Waals surface area (Å²) in [6.07, 6.45) is 1.45. The minimum atomic E-state index is -3.91. The van der Waals surface area contributed by atoms with Crippen molar-refractivity contribution >= 4 is 21.9 Å². The van der Waals surface area contributed by atoms with E-state index in [4.69, 9.17) is 9.47 Å². The van der Waals surface area contributed by atoms with Crippen LogP contribution < -0.4 is 5.32 Å². The van der Waals surface area contributed by atoms with Crippen LogP contribution in [0.4, 0.5) is 0 Å². The molecule has 9 nitrogen and oxygen atoms in total. The number of rotatable bonds is 9. The molecule has 1 heterocycles. The SMILES string of the molecule is C=CCOCC(NC(=O)c1ccccc1S(=O)(=O)N1CCOCC1)C(=O)O. The Morgan fingerprint density at radius 2 is 2.00 bits per heavy atom. The molecule has 2 rings (SSSR count). The molecule has 1 aliphatic heterocycles. The van der Waals surface area contributed by atoms with E-state index in [0.717, 1.165) is 0 Å². The molecule has 148 valence electrons. The monoisotopic (exact) mass is 398 g/mol. The highest BCUT2D eigenvalue weighted by Gasteiger charge is 2.31. The number of carbonyl (C=O) groups excluding carboxylic acids is 1. The van der Waals surface area contributed by atoms with E-state index in [-0.39, 0.29) is 50.0 Å². The molecule has 1 aromatic carbocycles. The normalized spacial score (nSPS) is 16.4. The van der Waals surface area contributed by atoms with Crippen molar-refractivity contribution in [3.63, 3.8) is 0 Å². The van der Waals surface area contributed by atoms with Gasteiger partial charge in [0.15, 0.2) is 6.04 Å². The topological polar surface area (TPSA) is 122 Å². The summed E-state index contributed by atoms with van der Waals surface area (Å²) in [5, 5.41) is 11.5. The summed E-state index contributed by atoms with van der Waals surface area (Å²) in [5.41, 5.74) is -0.126. The maximum atomic E-state index is 12.9. The van der Waals surface area contributed by atoms with Crippen molar-refractivity contribution < 1.29 is 32.6 Å². The number of nitrogens with one attached hydrogen (secondary N) is 1. The lowest BCUT2D eigenvalue weighted by Gasteiger charge is -2.27. The molecule has 1 saturated heterocycles. The molecule has 1 aliphatic rings. The van der Waals surface area contributed by atoms with Crippen LogP contribution in [0.15, 0.2) is 41.8 Å². The number of carbonyl (C=O) groups is 2. The van der Waals surface area contributed by atoms with Gasteiger partial charge in [-0.25, -0.2) is 13.2 Å². The Balaban J connectivity index is 2.24. The fraction of sp³-hybridized carbons (Fsp3) is 0.412. The molecule has 1 fully saturated rings. The molecule has 0 saturated carbocycles. The number of hydrogen-bond donors (Lipinski definition) is 2. The highest BCUT2D eigenvalue weighted by molar-refractivity contribution is 7.89. The van der Waals surface area contributed by atoms with Gasteiger partial charge in [-0.3, -0.25) is 4.79 Å². The standard InChI is InChI=1S/C17H22N2O7S/c1-2-9-26-12-14(17(21)22)18-16(20)13-5-3-4-6-15(13)27(23,24)19-7-10-25-11-8-19/h2-6,14H,1,7-12H2,(H,18,20)(H,21,22). The molecule has 10 heteroatoms. The van der Waals surface area contributed by atoms with Crippen LogP contribution >= 0.6 is 0 Å². The maximum absolute atomic E-state index is 12.9. The molecule has 0 radical (unpaired) electrons. The van der Waals surface area contributed by atoms with Crippen molar-refractivity contribution in [2.24, 2.45) is 0 Å². The average Bonchev–Trinajstić information content (AvgIpc) is 2.67. The van der Waals surface area contributed by atoms with E-state index in [1.54, 1.807) is 0 Å². The first-order valence-corrected chi connectivity index (χ1v) is 9.71. The van der Waals surface area contributed by atoms with Crippen molar-refractivity contribution in [3.8, 4) is 0 Å². The van der Waals surface area contributed by atoms with Gasteiger partial charge in [0.2, 0.25) is 10.0 Å². The zero-order valence-corrected chi connectivity index (χ0v) is 15.5. The second-order valence-electron chi connectivity index (χ2n) is 5.70. The number of amides is 1. The first-order chi connectivity index (χ1) is 12.9. The Morgan fingerprint density at radius 1 is 1.33 bits per heavy atom. The van der Waals surface area contributed by atoms with Gasteiger partial charge in [-0.1, -0.05) is 18.2 Å². The first kappa shape index (κ1) is 21.0. The Kier molecular flexibility index (Phi) is 7.48. The first-order valence-electron chi connectivity index (χ1n) is 8.27. The molecule has 0 bridgehead atoms. The largest absolute Gasteiger partial charge is 0.480 e. The van der Waals surface area contributed by atoms with Gasteiger partial charge in [0.1, 0.15) is 0 Å². The molecule has 27 heavy (non-hydrogen) atoms. The summed E-state index contributed by atoms with van der Waals surface area (Å²) in [7, 11) is -3.91. The lowest BCUT2D eigenvalue weighted by atomic mass is 10.2. The maximum Gasteiger partial charge on any atom is 0.328 e. The zero-order chi connectivity index (χ0) is 19.9. The molecular weight excluding hydrogens is 376 g/mol. The molecule has 1 unspecified atom stereocenters. The van der Waals surface area contributed by atoms with E-state index in [2.05, 4.69) is 11.9 Å². The zero-order valence-electron chi connectivity index (χ0n) is 14.7. The van der Waals surface area contributed by atoms with Crippen LogP contribution in [0.25, 0.3) is 0 Å². The highest BCUT2D eigenvalue weighted by atomic mass is 32.2.